The second-order valence-corrected chi connectivity index (χ2v) is 4.24. The van der Waals surface area contributed by atoms with E-state index in [2.05, 4.69) is 10.3 Å². The summed E-state index contributed by atoms with van der Waals surface area (Å²) in [5, 5.41) is 13.9. The highest BCUT2D eigenvalue weighted by atomic mass is 19.1. The molecule has 0 unspecified atom stereocenters. The molecule has 0 aliphatic carbocycles. The molecule has 0 saturated heterocycles. The molecule has 7 heteroatoms. The van der Waals surface area contributed by atoms with E-state index in [1.807, 2.05) is 7.05 Å². The van der Waals surface area contributed by atoms with Crippen LogP contribution in [0, 0.1) is 15.9 Å². The summed E-state index contributed by atoms with van der Waals surface area (Å²) in [6.07, 6.45) is 2.91. The third-order valence-corrected chi connectivity index (χ3v) is 2.79. The topological polar surface area (TPSA) is 81.2 Å². The minimum absolute atomic E-state index is 0.226. The Kier molecular flexibility index (Phi) is 4.41. The van der Waals surface area contributed by atoms with Crippen LogP contribution in [0.2, 0.25) is 0 Å². The van der Waals surface area contributed by atoms with Crippen molar-refractivity contribution in [2.45, 2.75) is 12.8 Å². The van der Waals surface area contributed by atoms with Gasteiger partial charge in [-0.3, -0.25) is 10.1 Å². The number of halogens is 1. The number of hydrogen-bond acceptors (Lipinski definition) is 5. The maximum absolute atomic E-state index is 13.1. The molecule has 20 heavy (non-hydrogen) atoms. The zero-order chi connectivity index (χ0) is 14.5. The molecular formula is C13H14FN3O3. The van der Waals surface area contributed by atoms with Gasteiger partial charge >= 0.3 is 0 Å². The van der Waals surface area contributed by atoms with Crippen LogP contribution in [0.4, 0.5) is 10.1 Å². The first-order valence-electron chi connectivity index (χ1n) is 6.15. The number of aryl methyl sites for hydroxylation is 1. The van der Waals surface area contributed by atoms with E-state index in [4.69, 9.17) is 4.42 Å². The van der Waals surface area contributed by atoms with Gasteiger partial charge in [0.2, 0.25) is 0 Å². The van der Waals surface area contributed by atoms with E-state index in [0.29, 0.717) is 12.3 Å². The van der Waals surface area contributed by atoms with Gasteiger partial charge in [0.15, 0.2) is 11.7 Å². The first-order valence-corrected chi connectivity index (χ1v) is 6.15. The summed E-state index contributed by atoms with van der Waals surface area (Å²) in [4.78, 5) is 14.4. The normalized spacial score (nSPS) is 10.7. The third-order valence-electron chi connectivity index (χ3n) is 2.79. The van der Waals surface area contributed by atoms with E-state index in [1.54, 1.807) is 0 Å². The third kappa shape index (κ3) is 3.18. The van der Waals surface area contributed by atoms with Crippen LogP contribution in [-0.2, 0) is 6.42 Å². The van der Waals surface area contributed by atoms with Gasteiger partial charge in [0, 0.05) is 6.42 Å². The lowest BCUT2D eigenvalue weighted by Gasteiger charge is -1.99. The van der Waals surface area contributed by atoms with Gasteiger partial charge in [-0.05, 0) is 32.1 Å². The van der Waals surface area contributed by atoms with Crippen LogP contribution in [0.3, 0.4) is 0 Å². The predicted molar refractivity (Wildman–Crippen MR) is 70.8 cm³/mol. The first-order chi connectivity index (χ1) is 9.61. The monoisotopic (exact) mass is 279 g/mol. The molecule has 6 nitrogen and oxygen atoms in total. The maximum Gasteiger partial charge on any atom is 0.283 e. The molecule has 0 radical (unpaired) electrons. The number of aromatic nitrogens is 1. The van der Waals surface area contributed by atoms with E-state index >= 15 is 0 Å². The van der Waals surface area contributed by atoms with Crippen LogP contribution in [-0.4, -0.2) is 23.5 Å². The fourth-order valence-electron chi connectivity index (χ4n) is 1.83. The molecule has 1 aromatic carbocycles. The number of nitrogens with one attached hydrogen (secondary N) is 1. The summed E-state index contributed by atoms with van der Waals surface area (Å²) in [6, 6.07) is 3.36. The summed E-state index contributed by atoms with van der Waals surface area (Å²) >= 11 is 0. The van der Waals surface area contributed by atoms with Gasteiger partial charge in [0.25, 0.3) is 5.69 Å². The van der Waals surface area contributed by atoms with Crippen LogP contribution >= 0.6 is 0 Å². The van der Waals surface area contributed by atoms with Crippen LogP contribution in [0.15, 0.2) is 28.8 Å². The summed E-state index contributed by atoms with van der Waals surface area (Å²) in [5.74, 6) is 0.124. The molecule has 106 valence electrons. The number of benzene rings is 1. The van der Waals surface area contributed by atoms with Crippen molar-refractivity contribution in [1.29, 1.82) is 0 Å². The van der Waals surface area contributed by atoms with E-state index in [1.165, 1.54) is 12.3 Å². The Bertz CT molecular complexity index is 613. The standard InChI is InChI=1S/C13H14FN3O3/c1-15-6-2-3-13-16-8-12(20-13)10-5-4-9(14)7-11(10)17(18)19/h4-5,7-8,15H,2-3,6H2,1H3. The summed E-state index contributed by atoms with van der Waals surface area (Å²) in [7, 11) is 1.85. The number of nitrogens with zero attached hydrogens (tertiary/aromatic N) is 2. The highest BCUT2D eigenvalue weighted by molar-refractivity contribution is 5.68. The highest BCUT2D eigenvalue weighted by Crippen LogP contribution is 2.31. The van der Waals surface area contributed by atoms with Crippen LogP contribution < -0.4 is 5.32 Å². The SMILES string of the molecule is CNCCCc1ncc(-c2ccc(F)cc2[N+](=O)[O-])o1. The number of oxazole rings is 1. The van der Waals surface area contributed by atoms with Gasteiger partial charge in [-0.25, -0.2) is 9.37 Å². The molecule has 0 bridgehead atoms. The number of nitro benzene ring substituents is 1. The molecule has 1 heterocycles. The predicted octanol–water partition coefficient (Wildman–Crippen LogP) is 2.54. The van der Waals surface area contributed by atoms with Gasteiger partial charge in [-0.2, -0.15) is 0 Å². The molecule has 0 aliphatic heterocycles. The molecule has 2 aromatic rings. The van der Waals surface area contributed by atoms with Gasteiger partial charge in [-0.15, -0.1) is 0 Å². The Morgan fingerprint density at radius 2 is 2.30 bits per heavy atom. The molecular weight excluding hydrogens is 265 g/mol. The van der Waals surface area contributed by atoms with Crippen molar-refractivity contribution >= 4 is 5.69 Å². The molecule has 0 atom stereocenters. The molecule has 1 N–H and O–H groups in total. The summed E-state index contributed by atoms with van der Waals surface area (Å²) < 4.78 is 18.6. The Morgan fingerprint density at radius 1 is 1.50 bits per heavy atom. The number of hydrogen-bond donors (Lipinski definition) is 1. The van der Waals surface area contributed by atoms with Gasteiger partial charge in [-0.1, -0.05) is 0 Å². The highest BCUT2D eigenvalue weighted by Gasteiger charge is 2.19. The Labute approximate surface area is 114 Å². The fraction of sp³-hybridized carbons (Fsp3) is 0.308. The Hall–Kier alpha value is -2.28. The molecule has 0 fully saturated rings. The van der Waals surface area contributed by atoms with Crippen molar-refractivity contribution in [1.82, 2.24) is 10.3 Å². The van der Waals surface area contributed by atoms with Crippen LogP contribution in [0.1, 0.15) is 12.3 Å². The summed E-state index contributed by atoms with van der Waals surface area (Å²) in [6.45, 7) is 0.828. The van der Waals surface area contributed by atoms with Crippen molar-refractivity contribution in [3.8, 4) is 11.3 Å². The average Bonchev–Trinajstić information content (AvgIpc) is 2.87. The summed E-state index contributed by atoms with van der Waals surface area (Å²) in [5.41, 5.74) is -0.105. The first kappa shape index (κ1) is 14.1. The Morgan fingerprint density at radius 3 is 3.00 bits per heavy atom. The molecule has 0 amide bonds. The second-order valence-electron chi connectivity index (χ2n) is 4.24. The van der Waals surface area contributed by atoms with E-state index in [0.717, 1.165) is 25.1 Å². The average molecular weight is 279 g/mol. The molecule has 2 rings (SSSR count). The minimum Gasteiger partial charge on any atom is -0.440 e. The van der Waals surface area contributed by atoms with Gasteiger partial charge < -0.3 is 9.73 Å². The molecule has 1 aromatic heterocycles. The quantitative estimate of drug-likeness (QED) is 0.499. The fourth-order valence-corrected chi connectivity index (χ4v) is 1.83. The molecule has 0 spiro atoms. The smallest absolute Gasteiger partial charge is 0.283 e. The van der Waals surface area contributed by atoms with Crippen molar-refractivity contribution in [2.24, 2.45) is 0 Å². The minimum atomic E-state index is -0.658. The van der Waals surface area contributed by atoms with E-state index in [-0.39, 0.29) is 17.0 Å². The lowest BCUT2D eigenvalue weighted by molar-refractivity contribution is -0.384. The maximum atomic E-state index is 13.1. The lowest BCUT2D eigenvalue weighted by atomic mass is 10.1. The Balaban J connectivity index is 2.25. The zero-order valence-corrected chi connectivity index (χ0v) is 10.9. The van der Waals surface area contributed by atoms with Crippen molar-refractivity contribution in [2.75, 3.05) is 13.6 Å². The van der Waals surface area contributed by atoms with Crippen molar-refractivity contribution in [3.05, 3.63) is 46.2 Å². The number of rotatable bonds is 6. The second kappa shape index (κ2) is 6.25. The van der Waals surface area contributed by atoms with Crippen molar-refractivity contribution in [3.63, 3.8) is 0 Å². The van der Waals surface area contributed by atoms with Gasteiger partial charge in [0.1, 0.15) is 5.82 Å². The van der Waals surface area contributed by atoms with Crippen LogP contribution in [0.5, 0.6) is 0 Å². The van der Waals surface area contributed by atoms with Gasteiger partial charge in [0.05, 0.1) is 22.7 Å². The van der Waals surface area contributed by atoms with E-state index in [9.17, 15) is 14.5 Å². The molecule has 0 aliphatic rings. The number of nitro groups is 1. The zero-order valence-electron chi connectivity index (χ0n) is 10.9. The van der Waals surface area contributed by atoms with E-state index < -0.39 is 10.7 Å². The van der Waals surface area contributed by atoms with Crippen LogP contribution in [0.25, 0.3) is 11.3 Å². The largest absolute Gasteiger partial charge is 0.440 e. The lowest BCUT2D eigenvalue weighted by Crippen LogP contribution is -2.08. The molecule has 0 saturated carbocycles. The van der Waals surface area contributed by atoms with Crippen molar-refractivity contribution < 1.29 is 13.7 Å².